The van der Waals surface area contributed by atoms with E-state index in [4.69, 9.17) is 15.4 Å². The third-order valence-corrected chi connectivity index (χ3v) is 6.06. The first kappa shape index (κ1) is 22.6. The first-order chi connectivity index (χ1) is 15.1. The molecule has 1 saturated carbocycles. The molecule has 0 N–H and O–H groups in total. The number of anilines is 1. The van der Waals surface area contributed by atoms with Crippen LogP contribution in [0.3, 0.4) is 0 Å². The predicted octanol–water partition coefficient (Wildman–Crippen LogP) is 6.47. The van der Waals surface area contributed by atoms with E-state index in [1.165, 1.54) is 43.2 Å². The molecule has 4 nitrogen and oxygen atoms in total. The average Bonchev–Trinajstić information content (AvgIpc) is 2.82. The number of hydrogen-bond donors (Lipinski definition) is 0. The summed E-state index contributed by atoms with van der Waals surface area (Å²) in [5.74, 6) is 0.744. The van der Waals surface area contributed by atoms with Crippen LogP contribution in [0.5, 0.6) is 0 Å². The number of rotatable bonds is 8. The second-order valence-electron chi connectivity index (χ2n) is 8.18. The average molecular weight is 414 g/mol. The molecule has 0 amide bonds. The van der Waals surface area contributed by atoms with Gasteiger partial charge in [-0.25, -0.2) is 0 Å². The minimum atomic E-state index is 0.106. The van der Waals surface area contributed by atoms with E-state index in [0.717, 1.165) is 35.7 Å². The fraction of sp³-hybridized carbons (Fsp3) is 0.407. The van der Waals surface area contributed by atoms with Gasteiger partial charge in [0.1, 0.15) is 17.7 Å². The van der Waals surface area contributed by atoms with Crippen molar-refractivity contribution in [2.24, 2.45) is 0 Å². The van der Waals surface area contributed by atoms with Gasteiger partial charge in [0.15, 0.2) is 0 Å². The monoisotopic (exact) mass is 413 g/mol. The van der Waals surface area contributed by atoms with Gasteiger partial charge in [-0.15, -0.1) is 0 Å². The molecule has 0 aliphatic heterocycles. The van der Waals surface area contributed by atoms with Gasteiger partial charge in [0.2, 0.25) is 0 Å². The van der Waals surface area contributed by atoms with Crippen LogP contribution in [-0.4, -0.2) is 13.2 Å². The molecule has 0 radical (unpaired) electrons. The predicted molar refractivity (Wildman–Crippen MR) is 125 cm³/mol. The summed E-state index contributed by atoms with van der Waals surface area (Å²) < 4.78 is 0. The van der Waals surface area contributed by atoms with Crippen LogP contribution in [0.25, 0.3) is 6.08 Å². The zero-order chi connectivity index (χ0) is 22.1. The van der Waals surface area contributed by atoms with Crippen molar-refractivity contribution in [3.05, 3.63) is 70.3 Å². The van der Waals surface area contributed by atoms with E-state index in [0.29, 0.717) is 6.61 Å². The van der Waals surface area contributed by atoms with E-state index in [2.05, 4.69) is 31.2 Å². The maximum Gasteiger partial charge on any atom is 0.130 e. The Morgan fingerprint density at radius 1 is 1.06 bits per heavy atom. The van der Waals surface area contributed by atoms with Gasteiger partial charge in [0.25, 0.3) is 0 Å². The van der Waals surface area contributed by atoms with Crippen LogP contribution in [0.2, 0.25) is 0 Å². The van der Waals surface area contributed by atoms with E-state index in [1.54, 1.807) is 6.08 Å². The van der Waals surface area contributed by atoms with Crippen LogP contribution in [0, 0.1) is 29.6 Å². The normalized spacial score (nSPS) is 13.8. The summed E-state index contributed by atoms with van der Waals surface area (Å²) in [5.41, 5.74) is 5.74. The summed E-state index contributed by atoms with van der Waals surface area (Å²) in [6.07, 6.45) is 9.26. The van der Waals surface area contributed by atoms with Crippen molar-refractivity contribution in [1.82, 2.24) is 0 Å². The quantitative estimate of drug-likeness (QED) is 0.367. The lowest BCUT2D eigenvalue weighted by Gasteiger charge is -2.23. The maximum atomic E-state index is 8.96. The third kappa shape index (κ3) is 6.20. The largest absolute Gasteiger partial charge is 0.273 e. The van der Waals surface area contributed by atoms with Gasteiger partial charge in [-0.1, -0.05) is 49.6 Å². The minimum Gasteiger partial charge on any atom is -0.273 e. The molecule has 0 heterocycles. The van der Waals surface area contributed by atoms with Crippen LogP contribution in [-0.2, 0) is 11.3 Å². The Kier molecular flexibility index (Phi) is 8.27. The smallest absolute Gasteiger partial charge is 0.130 e. The number of hydroxylamine groups is 1. The molecule has 0 saturated heterocycles. The van der Waals surface area contributed by atoms with Gasteiger partial charge in [0.05, 0.1) is 12.3 Å². The second-order valence-corrected chi connectivity index (χ2v) is 8.18. The van der Waals surface area contributed by atoms with Crippen LogP contribution in [0.1, 0.15) is 67.2 Å². The number of benzene rings is 2. The zero-order valence-corrected chi connectivity index (χ0v) is 18.6. The van der Waals surface area contributed by atoms with Crippen molar-refractivity contribution in [1.29, 1.82) is 10.5 Å². The van der Waals surface area contributed by atoms with Crippen molar-refractivity contribution >= 4 is 11.8 Å². The van der Waals surface area contributed by atoms with Crippen LogP contribution in [0.4, 0.5) is 5.69 Å². The lowest BCUT2D eigenvalue weighted by Crippen LogP contribution is -2.24. The van der Waals surface area contributed by atoms with Crippen molar-refractivity contribution in [3.8, 4) is 12.1 Å². The number of nitrogens with zero attached hydrogens (tertiary/aromatic N) is 3. The topological polar surface area (TPSA) is 60.0 Å². The third-order valence-electron chi connectivity index (χ3n) is 6.06. The SMILES string of the molecule is CCN(OCCc1ccc(C2CCCCC2)cc1)c1ccc(C=C(C#N)C#N)c(C)c1. The van der Waals surface area contributed by atoms with E-state index in [9.17, 15) is 0 Å². The van der Waals surface area contributed by atoms with E-state index in [1.807, 2.05) is 42.3 Å². The van der Waals surface area contributed by atoms with Crippen molar-refractivity contribution in [2.75, 3.05) is 18.2 Å². The Labute approximate surface area is 186 Å². The summed E-state index contributed by atoms with van der Waals surface area (Å²) >= 11 is 0. The van der Waals surface area contributed by atoms with Gasteiger partial charge < -0.3 is 0 Å². The molecule has 31 heavy (non-hydrogen) atoms. The van der Waals surface area contributed by atoms with Crippen LogP contribution >= 0.6 is 0 Å². The highest BCUT2D eigenvalue weighted by Crippen LogP contribution is 2.32. The summed E-state index contributed by atoms with van der Waals surface area (Å²) in [6.45, 7) is 5.39. The molecule has 4 heteroatoms. The molecule has 0 bridgehead atoms. The highest BCUT2D eigenvalue weighted by Gasteiger charge is 2.15. The van der Waals surface area contributed by atoms with E-state index >= 15 is 0 Å². The lowest BCUT2D eigenvalue weighted by atomic mass is 9.84. The maximum absolute atomic E-state index is 8.96. The summed E-state index contributed by atoms with van der Waals surface area (Å²) in [5, 5.41) is 19.8. The number of nitriles is 2. The van der Waals surface area contributed by atoms with E-state index in [-0.39, 0.29) is 5.57 Å². The Balaban J connectivity index is 1.57. The van der Waals surface area contributed by atoms with Gasteiger partial charge >= 0.3 is 0 Å². The van der Waals surface area contributed by atoms with Crippen molar-refractivity contribution in [3.63, 3.8) is 0 Å². The van der Waals surface area contributed by atoms with Crippen LogP contribution < -0.4 is 5.06 Å². The summed E-state index contributed by atoms with van der Waals surface area (Å²) in [6, 6.07) is 18.8. The molecule has 2 aromatic rings. The molecule has 2 aromatic carbocycles. The molecule has 0 spiro atoms. The molecular formula is C27H31N3O. The van der Waals surface area contributed by atoms with Gasteiger partial charge in [-0.05, 0) is 79.5 Å². The minimum absolute atomic E-state index is 0.106. The van der Waals surface area contributed by atoms with Gasteiger partial charge in [-0.3, -0.25) is 9.90 Å². The van der Waals surface area contributed by atoms with Gasteiger partial charge in [-0.2, -0.15) is 10.5 Å². The Morgan fingerprint density at radius 3 is 2.39 bits per heavy atom. The molecule has 3 rings (SSSR count). The fourth-order valence-corrected chi connectivity index (χ4v) is 4.24. The standard InChI is InChI=1S/C27H31N3O/c1-3-30(27-14-13-26(21(2)17-27)18-23(19-28)20-29)31-16-15-22-9-11-25(12-10-22)24-7-5-4-6-8-24/h9-14,17-18,24H,3-8,15-16H2,1-2H3. The van der Waals surface area contributed by atoms with Gasteiger partial charge in [0, 0.05) is 6.54 Å². The van der Waals surface area contributed by atoms with Crippen molar-refractivity contribution < 1.29 is 4.84 Å². The molecule has 0 aromatic heterocycles. The highest BCUT2D eigenvalue weighted by molar-refractivity contribution is 5.66. The fourth-order valence-electron chi connectivity index (χ4n) is 4.24. The van der Waals surface area contributed by atoms with Crippen LogP contribution in [0.15, 0.2) is 48.0 Å². The van der Waals surface area contributed by atoms with E-state index < -0.39 is 0 Å². The summed E-state index contributed by atoms with van der Waals surface area (Å²) in [4.78, 5) is 6.06. The molecule has 0 unspecified atom stereocenters. The first-order valence-electron chi connectivity index (χ1n) is 11.3. The summed E-state index contributed by atoms with van der Waals surface area (Å²) in [7, 11) is 0. The number of allylic oxidation sites excluding steroid dienone is 1. The molecular weight excluding hydrogens is 382 g/mol. The van der Waals surface area contributed by atoms with Crippen molar-refractivity contribution in [2.45, 2.75) is 58.3 Å². The Morgan fingerprint density at radius 2 is 1.77 bits per heavy atom. The molecule has 0 atom stereocenters. The molecule has 1 aliphatic carbocycles. The number of hydrogen-bond acceptors (Lipinski definition) is 4. The molecule has 160 valence electrons. The Hall–Kier alpha value is -3.08. The molecule has 1 fully saturated rings. The second kappa shape index (κ2) is 11.3. The zero-order valence-electron chi connectivity index (χ0n) is 18.6. The first-order valence-corrected chi connectivity index (χ1v) is 11.3. The highest BCUT2D eigenvalue weighted by atomic mass is 16.7. The lowest BCUT2D eigenvalue weighted by molar-refractivity contribution is 0.113. The number of aryl methyl sites for hydroxylation is 1. The molecule has 1 aliphatic rings. The Bertz CT molecular complexity index is 957.